The predicted octanol–water partition coefficient (Wildman–Crippen LogP) is 3.05. The second kappa shape index (κ2) is 6.31. The highest BCUT2D eigenvalue weighted by Crippen LogP contribution is 2.28. The molecule has 0 spiro atoms. The van der Waals surface area contributed by atoms with E-state index in [2.05, 4.69) is 47.7 Å². The lowest BCUT2D eigenvalue weighted by molar-refractivity contribution is 0.303. The molecule has 0 radical (unpaired) electrons. The lowest BCUT2D eigenvalue weighted by atomic mass is 10.0. The molecule has 1 aromatic carbocycles. The maximum atomic E-state index is 5.81. The monoisotopic (exact) mass is 285 g/mol. The van der Waals surface area contributed by atoms with Crippen LogP contribution in [0.3, 0.4) is 0 Å². The molecule has 1 unspecified atom stereocenters. The third-order valence-corrected chi connectivity index (χ3v) is 3.67. The highest BCUT2D eigenvalue weighted by Gasteiger charge is 2.23. The van der Waals surface area contributed by atoms with Crippen molar-refractivity contribution in [3.8, 4) is 5.75 Å². The Morgan fingerprint density at radius 1 is 1.29 bits per heavy atom. The molecule has 1 aliphatic carbocycles. The van der Waals surface area contributed by atoms with Gasteiger partial charge in [-0.05, 0) is 49.6 Å². The van der Waals surface area contributed by atoms with Gasteiger partial charge in [0, 0.05) is 13.2 Å². The minimum atomic E-state index is 0.140. The zero-order chi connectivity index (χ0) is 14.7. The maximum Gasteiger partial charge on any atom is 0.119 e. The number of benzene rings is 1. The molecule has 0 amide bonds. The topological polar surface area (TPSA) is 39.1 Å². The van der Waals surface area contributed by atoms with Crippen LogP contribution in [0, 0.1) is 0 Å². The Labute approximate surface area is 126 Å². The molecule has 1 aliphatic rings. The summed E-state index contributed by atoms with van der Waals surface area (Å²) in [5.41, 5.74) is 2.28. The Bertz CT molecular complexity index is 572. The fraction of sp³-hybridized carbons (Fsp3) is 0.471. The minimum Gasteiger partial charge on any atom is -0.490 e. The van der Waals surface area contributed by atoms with Gasteiger partial charge in [0.1, 0.15) is 5.75 Å². The standard InChI is InChI=1S/C17H23N3O/c1-3-11-18-17(16-10-12-20(2)19-16)13-4-6-14(7-5-13)21-15-8-9-15/h4-7,10,12,15,17-18H,3,8-9,11H2,1-2H3. The summed E-state index contributed by atoms with van der Waals surface area (Å²) in [6.07, 6.45) is 5.92. The van der Waals surface area contributed by atoms with Crippen LogP contribution in [-0.2, 0) is 7.05 Å². The highest BCUT2D eigenvalue weighted by atomic mass is 16.5. The van der Waals surface area contributed by atoms with Gasteiger partial charge in [0.05, 0.1) is 17.8 Å². The number of ether oxygens (including phenoxy) is 1. The van der Waals surface area contributed by atoms with E-state index in [0.717, 1.165) is 24.4 Å². The number of nitrogens with zero attached hydrogens (tertiary/aromatic N) is 2. The molecule has 21 heavy (non-hydrogen) atoms. The Morgan fingerprint density at radius 3 is 2.62 bits per heavy atom. The van der Waals surface area contributed by atoms with Gasteiger partial charge in [0.2, 0.25) is 0 Å². The number of hydrogen-bond donors (Lipinski definition) is 1. The van der Waals surface area contributed by atoms with Gasteiger partial charge in [-0.1, -0.05) is 19.1 Å². The summed E-state index contributed by atoms with van der Waals surface area (Å²) in [5.74, 6) is 0.969. The molecule has 4 nitrogen and oxygen atoms in total. The molecule has 1 fully saturated rings. The fourth-order valence-corrected chi connectivity index (χ4v) is 2.39. The summed E-state index contributed by atoms with van der Waals surface area (Å²) < 4.78 is 7.66. The summed E-state index contributed by atoms with van der Waals surface area (Å²) in [7, 11) is 1.95. The van der Waals surface area contributed by atoms with Gasteiger partial charge in [-0.15, -0.1) is 0 Å². The molecule has 0 bridgehead atoms. The molecule has 1 aromatic heterocycles. The number of nitrogens with one attached hydrogen (secondary N) is 1. The fourth-order valence-electron chi connectivity index (χ4n) is 2.39. The van der Waals surface area contributed by atoms with E-state index in [1.54, 1.807) is 0 Å². The molecular formula is C17H23N3O. The van der Waals surface area contributed by atoms with E-state index in [4.69, 9.17) is 4.74 Å². The van der Waals surface area contributed by atoms with Gasteiger partial charge in [-0.3, -0.25) is 4.68 Å². The van der Waals surface area contributed by atoms with Crippen molar-refractivity contribution in [2.24, 2.45) is 7.05 Å². The zero-order valence-corrected chi connectivity index (χ0v) is 12.7. The predicted molar refractivity (Wildman–Crippen MR) is 83.4 cm³/mol. The van der Waals surface area contributed by atoms with Crippen LogP contribution in [0.4, 0.5) is 0 Å². The highest BCUT2D eigenvalue weighted by molar-refractivity contribution is 5.33. The third kappa shape index (κ3) is 3.64. The van der Waals surface area contributed by atoms with Crippen molar-refractivity contribution in [3.63, 3.8) is 0 Å². The normalized spacial score (nSPS) is 15.9. The smallest absolute Gasteiger partial charge is 0.119 e. The molecule has 1 saturated carbocycles. The summed E-state index contributed by atoms with van der Waals surface area (Å²) in [4.78, 5) is 0. The summed E-state index contributed by atoms with van der Waals surface area (Å²) in [5, 5.41) is 8.12. The first-order valence-electron chi connectivity index (χ1n) is 7.76. The van der Waals surface area contributed by atoms with Crippen LogP contribution in [-0.4, -0.2) is 22.4 Å². The molecule has 0 aliphatic heterocycles. The average molecular weight is 285 g/mol. The van der Waals surface area contributed by atoms with Crippen molar-refractivity contribution in [1.29, 1.82) is 0 Å². The van der Waals surface area contributed by atoms with Gasteiger partial charge >= 0.3 is 0 Å². The first kappa shape index (κ1) is 14.1. The van der Waals surface area contributed by atoms with Crippen molar-refractivity contribution < 1.29 is 4.74 Å². The number of rotatable bonds is 7. The van der Waals surface area contributed by atoms with Crippen molar-refractivity contribution in [2.75, 3.05) is 6.54 Å². The van der Waals surface area contributed by atoms with Gasteiger partial charge in [-0.2, -0.15) is 5.10 Å². The molecule has 112 valence electrons. The molecule has 1 heterocycles. The molecule has 2 aromatic rings. The van der Waals surface area contributed by atoms with Crippen molar-refractivity contribution in [3.05, 3.63) is 47.8 Å². The van der Waals surface area contributed by atoms with E-state index in [0.29, 0.717) is 6.10 Å². The third-order valence-electron chi connectivity index (χ3n) is 3.67. The van der Waals surface area contributed by atoms with Crippen LogP contribution in [0.5, 0.6) is 5.75 Å². The SMILES string of the molecule is CCCNC(c1ccc(OC2CC2)cc1)c1ccn(C)n1. The molecule has 0 saturated heterocycles. The quantitative estimate of drug-likeness (QED) is 0.850. The van der Waals surface area contributed by atoms with E-state index in [-0.39, 0.29) is 6.04 Å². The van der Waals surface area contributed by atoms with Crippen LogP contribution in [0.2, 0.25) is 0 Å². The van der Waals surface area contributed by atoms with E-state index < -0.39 is 0 Å². The zero-order valence-electron chi connectivity index (χ0n) is 12.7. The second-order valence-corrected chi connectivity index (χ2v) is 5.69. The lowest BCUT2D eigenvalue weighted by Gasteiger charge is -2.17. The molecule has 4 heteroatoms. The van der Waals surface area contributed by atoms with Gasteiger partial charge in [-0.25, -0.2) is 0 Å². The van der Waals surface area contributed by atoms with Crippen molar-refractivity contribution in [2.45, 2.75) is 38.3 Å². The Kier molecular flexibility index (Phi) is 4.25. The van der Waals surface area contributed by atoms with E-state index in [1.807, 2.05) is 17.9 Å². The van der Waals surface area contributed by atoms with Gasteiger partial charge in [0.15, 0.2) is 0 Å². The molecule has 3 rings (SSSR count). The van der Waals surface area contributed by atoms with Gasteiger partial charge < -0.3 is 10.1 Å². The second-order valence-electron chi connectivity index (χ2n) is 5.69. The van der Waals surface area contributed by atoms with Crippen LogP contribution >= 0.6 is 0 Å². The Hall–Kier alpha value is -1.81. The van der Waals surface area contributed by atoms with Crippen molar-refractivity contribution >= 4 is 0 Å². The van der Waals surface area contributed by atoms with Crippen molar-refractivity contribution in [1.82, 2.24) is 15.1 Å². The molecular weight excluding hydrogens is 262 g/mol. The Balaban J connectivity index is 1.77. The lowest BCUT2D eigenvalue weighted by Crippen LogP contribution is -2.23. The van der Waals surface area contributed by atoms with Crippen LogP contribution in [0.15, 0.2) is 36.5 Å². The van der Waals surface area contributed by atoms with E-state index in [9.17, 15) is 0 Å². The molecule has 1 atom stereocenters. The minimum absolute atomic E-state index is 0.140. The first-order chi connectivity index (χ1) is 10.3. The van der Waals surface area contributed by atoms with Crippen LogP contribution in [0.25, 0.3) is 0 Å². The van der Waals surface area contributed by atoms with Crippen LogP contribution < -0.4 is 10.1 Å². The van der Waals surface area contributed by atoms with E-state index in [1.165, 1.54) is 18.4 Å². The number of aromatic nitrogens is 2. The van der Waals surface area contributed by atoms with E-state index >= 15 is 0 Å². The summed E-state index contributed by atoms with van der Waals surface area (Å²) in [6.45, 7) is 3.15. The average Bonchev–Trinajstić information content (AvgIpc) is 3.21. The Morgan fingerprint density at radius 2 is 2.05 bits per heavy atom. The van der Waals surface area contributed by atoms with Crippen LogP contribution in [0.1, 0.15) is 43.5 Å². The summed E-state index contributed by atoms with van der Waals surface area (Å²) in [6, 6.07) is 10.6. The largest absolute Gasteiger partial charge is 0.490 e. The summed E-state index contributed by atoms with van der Waals surface area (Å²) >= 11 is 0. The number of hydrogen-bond acceptors (Lipinski definition) is 3. The first-order valence-corrected chi connectivity index (χ1v) is 7.76. The maximum absolute atomic E-state index is 5.81. The molecule has 1 N–H and O–H groups in total. The van der Waals surface area contributed by atoms with Gasteiger partial charge in [0.25, 0.3) is 0 Å². The number of aryl methyl sites for hydroxylation is 1.